The van der Waals surface area contributed by atoms with Gasteiger partial charge in [0.25, 0.3) is 0 Å². The van der Waals surface area contributed by atoms with Gasteiger partial charge in [-0.25, -0.2) is 0 Å². The molecule has 2 aliphatic rings. The summed E-state index contributed by atoms with van der Waals surface area (Å²) in [5.41, 5.74) is 0.379. The van der Waals surface area contributed by atoms with E-state index in [1.807, 2.05) is 0 Å². The first-order chi connectivity index (χ1) is 7.08. The third kappa shape index (κ3) is 2.71. The molecule has 0 aromatic carbocycles. The minimum atomic E-state index is 0.370. The van der Waals surface area contributed by atoms with Crippen LogP contribution in [0.5, 0.6) is 0 Å². The van der Waals surface area contributed by atoms with Crippen LogP contribution in [0.15, 0.2) is 0 Å². The monoisotopic (exact) mass is 212 g/mol. The molecule has 0 unspecified atom stereocenters. The molecule has 0 radical (unpaired) electrons. The summed E-state index contributed by atoms with van der Waals surface area (Å²) in [7, 11) is 0. The molecule has 3 heteroatoms. The van der Waals surface area contributed by atoms with Gasteiger partial charge in [0.1, 0.15) is 0 Å². The van der Waals surface area contributed by atoms with E-state index in [-0.39, 0.29) is 0 Å². The van der Waals surface area contributed by atoms with Crippen LogP contribution in [0.2, 0.25) is 0 Å². The summed E-state index contributed by atoms with van der Waals surface area (Å²) in [6.07, 6.45) is 3.41. The highest BCUT2D eigenvalue weighted by atomic mass is 16.5. The van der Waals surface area contributed by atoms with Gasteiger partial charge >= 0.3 is 0 Å². The molecule has 0 aromatic heterocycles. The molecule has 2 fully saturated rings. The second-order valence-electron chi connectivity index (χ2n) is 5.59. The Morgan fingerprint density at radius 2 is 2.20 bits per heavy atom. The maximum atomic E-state index is 5.94. The molecule has 1 N–H and O–H groups in total. The van der Waals surface area contributed by atoms with E-state index >= 15 is 0 Å². The summed E-state index contributed by atoms with van der Waals surface area (Å²) in [6, 6.07) is 0. The average molecular weight is 212 g/mol. The van der Waals surface area contributed by atoms with E-state index in [1.165, 1.54) is 19.4 Å². The lowest BCUT2D eigenvalue weighted by Gasteiger charge is -2.37. The van der Waals surface area contributed by atoms with Crippen molar-refractivity contribution in [3.63, 3.8) is 0 Å². The number of nitrogens with zero attached hydrogens (tertiary/aromatic N) is 1. The number of morpholine rings is 1. The second-order valence-corrected chi connectivity index (χ2v) is 5.59. The third-order valence-electron chi connectivity index (χ3n) is 3.73. The van der Waals surface area contributed by atoms with Crippen molar-refractivity contribution in [2.24, 2.45) is 0 Å². The summed E-state index contributed by atoms with van der Waals surface area (Å²) < 4.78 is 5.94. The molecule has 0 saturated carbocycles. The van der Waals surface area contributed by atoms with Crippen molar-refractivity contribution in [3.05, 3.63) is 0 Å². The van der Waals surface area contributed by atoms with Crippen molar-refractivity contribution in [2.75, 3.05) is 26.2 Å². The Kier molecular flexibility index (Phi) is 3.33. The number of nitrogens with one attached hydrogen (secondary N) is 1. The summed E-state index contributed by atoms with van der Waals surface area (Å²) in [4.78, 5) is 2.58. The van der Waals surface area contributed by atoms with Gasteiger partial charge in [0.2, 0.25) is 0 Å². The van der Waals surface area contributed by atoms with E-state index in [9.17, 15) is 0 Å². The fraction of sp³-hybridized carbons (Fsp3) is 1.00. The van der Waals surface area contributed by atoms with Gasteiger partial charge in [-0.2, -0.15) is 0 Å². The summed E-state index contributed by atoms with van der Waals surface area (Å²) in [6.45, 7) is 11.2. The summed E-state index contributed by atoms with van der Waals surface area (Å²) in [5, 5.41) is 3.43. The molecule has 2 saturated heterocycles. The first kappa shape index (κ1) is 11.4. The van der Waals surface area contributed by atoms with E-state index in [0.29, 0.717) is 17.7 Å². The smallest absolute Gasteiger partial charge is 0.0830 e. The van der Waals surface area contributed by atoms with Crippen LogP contribution in [0, 0.1) is 0 Å². The number of rotatable bonds is 2. The fourth-order valence-electron chi connectivity index (χ4n) is 2.73. The molecule has 2 aliphatic heterocycles. The van der Waals surface area contributed by atoms with E-state index in [1.54, 1.807) is 0 Å². The Hall–Kier alpha value is -0.120. The van der Waals surface area contributed by atoms with Crippen LogP contribution in [0.3, 0.4) is 0 Å². The Bertz CT molecular complexity index is 218. The van der Waals surface area contributed by atoms with Gasteiger partial charge in [-0.1, -0.05) is 0 Å². The van der Waals surface area contributed by atoms with E-state index in [0.717, 1.165) is 19.6 Å². The van der Waals surface area contributed by atoms with E-state index < -0.39 is 0 Å². The SMILES string of the molecule is C[C@@H]1CNC[C@H](CN2CCCC2(C)C)O1. The van der Waals surface area contributed by atoms with Crippen molar-refractivity contribution < 1.29 is 4.74 Å². The maximum Gasteiger partial charge on any atom is 0.0830 e. The molecule has 0 spiro atoms. The topological polar surface area (TPSA) is 24.5 Å². The summed E-state index contributed by atoms with van der Waals surface area (Å²) in [5.74, 6) is 0. The van der Waals surface area contributed by atoms with Gasteiger partial charge in [-0.05, 0) is 40.2 Å². The van der Waals surface area contributed by atoms with E-state index in [2.05, 4.69) is 31.0 Å². The number of hydrogen-bond donors (Lipinski definition) is 1. The first-order valence-electron chi connectivity index (χ1n) is 6.19. The lowest BCUT2D eigenvalue weighted by Crippen LogP contribution is -2.51. The minimum absolute atomic E-state index is 0.370. The molecule has 2 atom stereocenters. The number of ether oxygens (including phenoxy) is 1. The highest BCUT2D eigenvalue weighted by molar-refractivity contribution is 4.90. The van der Waals surface area contributed by atoms with Gasteiger partial charge < -0.3 is 10.1 Å². The largest absolute Gasteiger partial charge is 0.371 e. The Balaban J connectivity index is 1.85. The molecule has 0 aliphatic carbocycles. The predicted molar refractivity (Wildman–Crippen MR) is 62.1 cm³/mol. The zero-order valence-corrected chi connectivity index (χ0v) is 10.3. The Morgan fingerprint density at radius 1 is 1.40 bits per heavy atom. The first-order valence-corrected chi connectivity index (χ1v) is 6.19. The molecule has 3 nitrogen and oxygen atoms in total. The predicted octanol–water partition coefficient (Wildman–Crippen LogP) is 1.24. The van der Waals surface area contributed by atoms with Crippen molar-refractivity contribution in [1.82, 2.24) is 10.2 Å². The van der Waals surface area contributed by atoms with Crippen LogP contribution in [0.25, 0.3) is 0 Å². The third-order valence-corrected chi connectivity index (χ3v) is 3.73. The van der Waals surface area contributed by atoms with Crippen LogP contribution in [-0.4, -0.2) is 48.8 Å². The van der Waals surface area contributed by atoms with Crippen molar-refractivity contribution in [1.29, 1.82) is 0 Å². The zero-order valence-electron chi connectivity index (χ0n) is 10.3. The fourth-order valence-corrected chi connectivity index (χ4v) is 2.73. The Labute approximate surface area is 93.2 Å². The van der Waals surface area contributed by atoms with E-state index in [4.69, 9.17) is 4.74 Å². The van der Waals surface area contributed by atoms with Crippen LogP contribution >= 0.6 is 0 Å². The Morgan fingerprint density at radius 3 is 2.80 bits per heavy atom. The molecule has 88 valence electrons. The van der Waals surface area contributed by atoms with Crippen LogP contribution < -0.4 is 5.32 Å². The lowest BCUT2D eigenvalue weighted by molar-refractivity contribution is -0.0496. The standard InChI is InChI=1S/C12H24N2O/c1-10-7-13-8-11(15-10)9-14-6-4-5-12(14,2)3/h10-11,13H,4-9H2,1-3H3/t10-,11-/m1/s1. The second kappa shape index (κ2) is 4.40. The van der Waals surface area contributed by atoms with Crippen LogP contribution in [0.1, 0.15) is 33.6 Å². The van der Waals surface area contributed by atoms with Gasteiger partial charge in [0, 0.05) is 25.2 Å². The molecule has 0 bridgehead atoms. The van der Waals surface area contributed by atoms with Crippen molar-refractivity contribution in [2.45, 2.75) is 51.4 Å². The minimum Gasteiger partial charge on any atom is -0.371 e. The summed E-state index contributed by atoms with van der Waals surface area (Å²) >= 11 is 0. The molecule has 2 rings (SSSR count). The molecule has 0 amide bonds. The molecule has 2 heterocycles. The molecule has 0 aromatic rings. The zero-order chi connectivity index (χ0) is 10.9. The highest BCUT2D eigenvalue weighted by Crippen LogP contribution is 2.28. The van der Waals surface area contributed by atoms with Gasteiger partial charge in [-0.15, -0.1) is 0 Å². The van der Waals surface area contributed by atoms with Crippen molar-refractivity contribution in [3.8, 4) is 0 Å². The van der Waals surface area contributed by atoms with Gasteiger partial charge in [0.05, 0.1) is 12.2 Å². The van der Waals surface area contributed by atoms with Gasteiger partial charge in [0.15, 0.2) is 0 Å². The number of hydrogen-bond acceptors (Lipinski definition) is 3. The number of likely N-dealkylation sites (tertiary alicyclic amines) is 1. The molecular weight excluding hydrogens is 188 g/mol. The average Bonchev–Trinajstić information content (AvgIpc) is 2.46. The normalized spacial score (nSPS) is 37.0. The maximum absolute atomic E-state index is 5.94. The van der Waals surface area contributed by atoms with Crippen LogP contribution in [0.4, 0.5) is 0 Å². The van der Waals surface area contributed by atoms with Gasteiger partial charge in [-0.3, -0.25) is 4.90 Å². The lowest BCUT2D eigenvalue weighted by atomic mass is 10.0. The quantitative estimate of drug-likeness (QED) is 0.745. The van der Waals surface area contributed by atoms with Crippen molar-refractivity contribution >= 4 is 0 Å². The van der Waals surface area contributed by atoms with Crippen LogP contribution in [-0.2, 0) is 4.74 Å². The molecular formula is C12H24N2O. The molecule has 15 heavy (non-hydrogen) atoms. The highest BCUT2D eigenvalue weighted by Gasteiger charge is 2.34.